The minimum Gasteiger partial charge on any atom is -0.481 e. The minimum absolute atomic E-state index is 0.476. The summed E-state index contributed by atoms with van der Waals surface area (Å²) in [5, 5.41) is 10.3. The van der Waals surface area contributed by atoms with Crippen LogP contribution in [0.15, 0.2) is 23.1 Å². The Labute approximate surface area is 118 Å². The summed E-state index contributed by atoms with van der Waals surface area (Å²) in [5.74, 6) is -0.792. The molecule has 0 radical (unpaired) electrons. The molecule has 0 saturated heterocycles. The zero-order chi connectivity index (χ0) is 13.9. The van der Waals surface area contributed by atoms with E-state index in [1.807, 2.05) is 18.2 Å². The Kier molecular flexibility index (Phi) is 5.11. The van der Waals surface area contributed by atoms with Crippen molar-refractivity contribution in [2.24, 2.45) is 5.41 Å². The topological polar surface area (TPSA) is 37.3 Å². The maximum Gasteiger partial charge on any atom is 0.309 e. The number of hydrogen-bond donors (Lipinski definition) is 1. The van der Waals surface area contributed by atoms with Crippen LogP contribution in [-0.4, -0.2) is 16.3 Å². The van der Waals surface area contributed by atoms with Crippen LogP contribution >= 0.6 is 23.4 Å². The summed E-state index contributed by atoms with van der Waals surface area (Å²) < 4.78 is 0. The molecular weight excluding hydrogens is 268 g/mol. The number of carbonyl (C=O) groups is 1. The Hall–Kier alpha value is -0.670. The van der Waals surface area contributed by atoms with Crippen molar-refractivity contribution < 1.29 is 9.90 Å². The third-order valence-corrected chi connectivity index (χ3v) is 4.09. The van der Waals surface area contributed by atoms with Gasteiger partial charge in [0.1, 0.15) is 0 Å². The molecule has 18 heavy (non-hydrogen) atoms. The highest BCUT2D eigenvalue weighted by atomic mass is 35.5. The van der Waals surface area contributed by atoms with Crippen LogP contribution in [0.2, 0.25) is 5.02 Å². The Morgan fingerprint density at radius 1 is 1.44 bits per heavy atom. The van der Waals surface area contributed by atoms with Crippen molar-refractivity contribution in [3.05, 3.63) is 28.8 Å². The van der Waals surface area contributed by atoms with Crippen molar-refractivity contribution in [3.8, 4) is 0 Å². The van der Waals surface area contributed by atoms with E-state index >= 15 is 0 Å². The number of thioether (sulfide) groups is 1. The molecule has 0 unspecified atom stereocenters. The average Bonchev–Trinajstić information content (AvgIpc) is 2.21. The van der Waals surface area contributed by atoms with E-state index in [1.165, 1.54) is 0 Å². The standard InChI is InChI=1S/C14H19ClO2S/c1-9(2)18-12-6-5-10(7-11(12)15)8-14(3,4)13(16)17/h5-7,9H,8H2,1-4H3,(H,16,17). The van der Waals surface area contributed by atoms with Gasteiger partial charge in [0.05, 0.1) is 10.4 Å². The first kappa shape index (κ1) is 15.4. The van der Waals surface area contributed by atoms with Crippen LogP contribution in [0.1, 0.15) is 33.3 Å². The maximum atomic E-state index is 11.1. The highest BCUT2D eigenvalue weighted by Crippen LogP contribution is 2.32. The van der Waals surface area contributed by atoms with Crippen molar-refractivity contribution >= 4 is 29.3 Å². The van der Waals surface area contributed by atoms with Gasteiger partial charge >= 0.3 is 5.97 Å². The second kappa shape index (κ2) is 5.98. The van der Waals surface area contributed by atoms with E-state index in [0.29, 0.717) is 16.7 Å². The molecule has 0 atom stereocenters. The molecule has 4 heteroatoms. The molecule has 2 nitrogen and oxygen atoms in total. The van der Waals surface area contributed by atoms with Crippen molar-refractivity contribution in [2.45, 2.75) is 44.3 Å². The van der Waals surface area contributed by atoms with Gasteiger partial charge in [0.2, 0.25) is 0 Å². The van der Waals surface area contributed by atoms with Crippen molar-refractivity contribution in [2.75, 3.05) is 0 Å². The first-order chi connectivity index (χ1) is 8.22. The largest absolute Gasteiger partial charge is 0.481 e. The number of carboxylic acid groups (broad SMARTS) is 1. The van der Waals surface area contributed by atoms with Crippen LogP contribution in [0.3, 0.4) is 0 Å². The van der Waals surface area contributed by atoms with Gasteiger partial charge in [-0.25, -0.2) is 0 Å². The summed E-state index contributed by atoms with van der Waals surface area (Å²) in [6.07, 6.45) is 0.481. The Bertz CT molecular complexity index is 441. The lowest BCUT2D eigenvalue weighted by Crippen LogP contribution is -2.26. The van der Waals surface area contributed by atoms with E-state index in [-0.39, 0.29) is 0 Å². The Morgan fingerprint density at radius 2 is 2.06 bits per heavy atom. The van der Waals surface area contributed by atoms with Gasteiger partial charge in [-0.15, -0.1) is 11.8 Å². The summed E-state index contributed by atoms with van der Waals surface area (Å²) >= 11 is 7.92. The highest BCUT2D eigenvalue weighted by molar-refractivity contribution is 8.00. The molecule has 1 N–H and O–H groups in total. The molecule has 0 aliphatic rings. The van der Waals surface area contributed by atoms with E-state index in [9.17, 15) is 4.79 Å². The van der Waals surface area contributed by atoms with Crippen LogP contribution in [0.5, 0.6) is 0 Å². The SMILES string of the molecule is CC(C)Sc1ccc(CC(C)(C)C(=O)O)cc1Cl. The first-order valence-electron chi connectivity index (χ1n) is 5.91. The van der Waals surface area contributed by atoms with Gasteiger partial charge in [0.25, 0.3) is 0 Å². The minimum atomic E-state index is -0.792. The van der Waals surface area contributed by atoms with Gasteiger partial charge in [-0.05, 0) is 38.0 Å². The second-order valence-corrected chi connectivity index (χ2v) is 7.32. The summed E-state index contributed by atoms with van der Waals surface area (Å²) in [6.45, 7) is 7.67. The number of benzene rings is 1. The second-order valence-electron chi connectivity index (χ2n) is 5.30. The third kappa shape index (κ3) is 4.21. The fourth-order valence-corrected chi connectivity index (χ4v) is 2.75. The number of hydrogen-bond acceptors (Lipinski definition) is 2. The zero-order valence-electron chi connectivity index (χ0n) is 11.2. The van der Waals surface area contributed by atoms with Gasteiger partial charge < -0.3 is 5.11 Å². The molecule has 0 fully saturated rings. The summed E-state index contributed by atoms with van der Waals surface area (Å²) in [7, 11) is 0. The van der Waals surface area contributed by atoms with E-state index in [2.05, 4.69) is 13.8 Å². The predicted molar refractivity (Wildman–Crippen MR) is 77.6 cm³/mol. The van der Waals surface area contributed by atoms with E-state index in [0.717, 1.165) is 10.5 Å². The third-order valence-electron chi connectivity index (χ3n) is 2.58. The monoisotopic (exact) mass is 286 g/mol. The van der Waals surface area contributed by atoms with Gasteiger partial charge in [0.15, 0.2) is 0 Å². The molecule has 1 aromatic rings. The lowest BCUT2D eigenvalue weighted by atomic mass is 9.86. The van der Waals surface area contributed by atoms with Gasteiger partial charge in [-0.3, -0.25) is 4.79 Å². The number of aliphatic carboxylic acids is 1. The average molecular weight is 287 g/mol. The van der Waals surface area contributed by atoms with Crippen molar-refractivity contribution in [3.63, 3.8) is 0 Å². The summed E-state index contributed by atoms with van der Waals surface area (Å²) in [5.41, 5.74) is 0.191. The van der Waals surface area contributed by atoms with Crippen molar-refractivity contribution in [1.82, 2.24) is 0 Å². The van der Waals surface area contributed by atoms with Gasteiger partial charge in [0, 0.05) is 10.1 Å². The predicted octanol–water partition coefficient (Wildman–Crippen LogP) is 4.49. The molecule has 1 aromatic carbocycles. The molecule has 0 amide bonds. The molecule has 0 spiro atoms. The molecule has 0 bridgehead atoms. The fourth-order valence-electron chi connectivity index (χ4n) is 1.59. The van der Waals surface area contributed by atoms with Crippen LogP contribution < -0.4 is 0 Å². The molecule has 0 aliphatic carbocycles. The van der Waals surface area contributed by atoms with Gasteiger partial charge in [-0.2, -0.15) is 0 Å². The molecule has 0 aromatic heterocycles. The normalized spacial score (nSPS) is 11.9. The van der Waals surface area contributed by atoms with E-state index in [1.54, 1.807) is 25.6 Å². The van der Waals surface area contributed by atoms with Crippen LogP contribution in [0.25, 0.3) is 0 Å². The highest BCUT2D eigenvalue weighted by Gasteiger charge is 2.27. The van der Waals surface area contributed by atoms with E-state index < -0.39 is 11.4 Å². The molecule has 0 saturated carbocycles. The number of halogens is 1. The maximum absolute atomic E-state index is 11.1. The lowest BCUT2D eigenvalue weighted by molar-refractivity contribution is -0.146. The molecular formula is C14H19ClO2S. The molecule has 0 aliphatic heterocycles. The molecule has 100 valence electrons. The van der Waals surface area contributed by atoms with Crippen molar-refractivity contribution in [1.29, 1.82) is 0 Å². The summed E-state index contributed by atoms with van der Waals surface area (Å²) in [6, 6.07) is 5.80. The van der Waals surface area contributed by atoms with Gasteiger partial charge in [-0.1, -0.05) is 31.5 Å². The first-order valence-corrected chi connectivity index (χ1v) is 7.16. The quantitative estimate of drug-likeness (QED) is 0.810. The fraction of sp³-hybridized carbons (Fsp3) is 0.500. The van der Waals surface area contributed by atoms with E-state index in [4.69, 9.17) is 16.7 Å². The Balaban J connectivity index is 2.88. The summed E-state index contributed by atoms with van der Waals surface area (Å²) in [4.78, 5) is 12.1. The smallest absolute Gasteiger partial charge is 0.309 e. The van der Waals surface area contributed by atoms with Crippen LogP contribution in [0, 0.1) is 5.41 Å². The van der Waals surface area contributed by atoms with Crippen LogP contribution in [0.4, 0.5) is 0 Å². The number of carboxylic acids is 1. The Morgan fingerprint density at radius 3 is 2.50 bits per heavy atom. The molecule has 1 rings (SSSR count). The lowest BCUT2D eigenvalue weighted by Gasteiger charge is -2.19. The van der Waals surface area contributed by atoms with Crippen LogP contribution in [-0.2, 0) is 11.2 Å². The number of rotatable bonds is 5. The zero-order valence-corrected chi connectivity index (χ0v) is 12.7. The molecule has 0 heterocycles.